The van der Waals surface area contributed by atoms with Crippen LogP contribution in [-0.2, 0) is 14.3 Å². The van der Waals surface area contributed by atoms with Crippen molar-refractivity contribution < 1.29 is 14.3 Å². The fourth-order valence-electron chi connectivity index (χ4n) is 1.09. The van der Waals surface area contributed by atoms with Crippen LogP contribution < -0.4 is 11.1 Å². The van der Waals surface area contributed by atoms with Gasteiger partial charge in [0.05, 0.1) is 6.61 Å². The third-order valence-corrected chi connectivity index (χ3v) is 1.79. The van der Waals surface area contributed by atoms with Crippen LogP contribution in [0.25, 0.3) is 0 Å². The van der Waals surface area contributed by atoms with Crippen LogP contribution >= 0.6 is 0 Å². The summed E-state index contributed by atoms with van der Waals surface area (Å²) in [6.07, 6.45) is 2.75. The second kappa shape index (κ2) is 8.50. The lowest BCUT2D eigenvalue weighted by Gasteiger charge is -2.13. The highest BCUT2D eigenvalue weighted by Gasteiger charge is 2.17. The maximum absolute atomic E-state index is 11.3. The normalized spacial score (nSPS) is 11.9. The molecule has 0 aliphatic heterocycles. The van der Waals surface area contributed by atoms with Crippen LogP contribution in [0.2, 0.25) is 0 Å². The van der Waals surface area contributed by atoms with Gasteiger partial charge in [-0.3, -0.25) is 4.79 Å². The van der Waals surface area contributed by atoms with E-state index in [0.717, 1.165) is 12.8 Å². The summed E-state index contributed by atoms with van der Waals surface area (Å²) >= 11 is 0. The zero-order valence-corrected chi connectivity index (χ0v) is 8.49. The van der Waals surface area contributed by atoms with E-state index in [1.165, 1.54) is 0 Å². The lowest BCUT2D eigenvalue weighted by molar-refractivity contribution is -0.146. The molecule has 0 aromatic carbocycles. The summed E-state index contributed by atoms with van der Waals surface area (Å²) < 4.78 is 4.80. The molecule has 0 aliphatic carbocycles. The number of nitrogens with one attached hydrogen (secondary N) is 1. The van der Waals surface area contributed by atoms with E-state index in [1.54, 1.807) is 6.92 Å². The first-order valence-corrected chi connectivity index (χ1v) is 4.82. The molecule has 5 heteroatoms. The van der Waals surface area contributed by atoms with E-state index in [0.29, 0.717) is 26.0 Å². The largest absolute Gasteiger partial charge is 0.464 e. The van der Waals surface area contributed by atoms with Crippen molar-refractivity contribution in [3.8, 4) is 0 Å². The first-order chi connectivity index (χ1) is 6.76. The van der Waals surface area contributed by atoms with Crippen LogP contribution in [0.4, 0.5) is 0 Å². The van der Waals surface area contributed by atoms with Crippen LogP contribution in [-0.4, -0.2) is 31.6 Å². The Hall–Kier alpha value is -1.10. The van der Waals surface area contributed by atoms with Gasteiger partial charge in [0, 0.05) is 0 Å². The Bertz CT molecular complexity index is 173. The van der Waals surface area contributed by atoms with E-state index in [1.807, 2.05) is 0 Å². The van der Waals surface area contributed by atoms with Crippen molar-refractivity contribution >= 4 is 12.4 Å². The molecular weight excluding hydrogens is 184 g/mol. The van der Waals surface area contributed by atoms with Crippen LogP contribution in [0.1, 0.15) is 26.2 Å². The summed E-state index contributed by atoms with van der Waals surface area (Å²) in [5, 5.41) is 2.43. The van der Waals surface area contributed by atoms with Crippen molar-refractivity contribution in [2.45, 2.75) is 32.2 Å². The Morgan fingerprint density at radius 2 is 2.29 bits per heavy atom. The minimum atomic E-state index is -0.529. The summed E-state index contributed by atoms with van der Waals surface area (Å²) in [5.41, 5.74) is 5.32. The van der Waals surface area contributed by atoms with Gasteiger partial charge in [-0.05, 0) is 32.7 Å². The number of hydrogen-bond donors (Lipinski definition) is 2. The molecule has 0 fully saturated rings. The van der Waals surface area contributed by atoms with Crippen molar-refractivity contribution in [1.82, 2.24) is 5.32 Å². The van der Waals surface area contributed by atoms with Gasteiger partial charge in [-0.15, -0.1) is 0 Å². The second-order valence-corrected chi connectivity index (χ2v) is 2.87. The summed E-state index contributed by atoms with van der Waals surface area (Å²) in [6, 6.07) is -0.529. The molecule has 0 heterocycles. The monoisotopic (exact) mass is 202 g/mol. The molecule has 0 radical (unpaired) electrons. The Morgan fingerprint density at radius 3 is 2.79 bits per heavy atom. The van der Waals surface area contributed by atoms with Gasteiger partial charge in [-0.2, -0.15) is 0 Å². The van der Waals surface area contributed by atoms with Gasteiger partial charge in [0.2, 0.25) is 6.41 Å². The number of esters is 1. The van der Waals surface area contributed by atoms with Gasteiger partial charge >= 0.3 is 5.97 Å². The topological polar surface area (TPSA) is 81.4 Å². The smallest absolute Gasteiger partial charge is 0.328 e. The van der Waals surface area contributed by atoms with Crippen LogP contribution in [0.3, 0.4) is 0 Å². The first kappa shape index (κ1) is 12.9. The van der Waals surface area contributed by atoms with Crippen molar-refractivity contribution in [3.63, 3.8) is 0 Å². The predicted octanol–water partition coefficient (Wildman–Crippen LogP) is -0.207. The number of amides is 1. The molecule has 1 amide bonds. The molecule has 1 atom stereocenters. The van der Waals surface area contributed by atoms with Crippen molar-refractivity contribution in [2.24, 2.45) is 5.73 Å². The maximum atomic E-state index is 11.3. The van der Waals surface area contributed by atoms with E-state index in [9.17, 15) is 9.59 Å². The number of rotatable bonds is 8. The lowest BCUT2D eigenvalue weighted by Crippen LogP contribution is -2.37. The standard InChI is InChI=1S/C9H18N2O3/c1-2-14-9(13)8(11-7-12)5-3-4-6-10/h7-8H,2-6,10H2,1H3,(H,11,12)/t8-/m0/s1. The fraction of sp³-hybridized carbons (Fsp3) is 0.778. The van der Waals surface area contributed by atoms with Crippen molar-refractivity contribution in [3.05, 3.63) is 0 Å². The Kier molecular flexibility index (Phi) is 7.83. The van der Waals surface area contributed by atoms with Gasteiger partial charge in [0.15, 0.2) is 0 Å². The lowest BCUT2D eigenvalue weighted by atomic mass is 10.1. The third kappa shape index (κ3) is 5.53. The average Bonchev–Trinajstić information content (AvgIpc) is 2.17. The highest BCUT2D eigenvalue weighted by Crippen LogP contribution is 2.01. The summed E-state index contributed by atoms with van der Waals surface area (Å²) in [7, 11) is 0. The quantitative estimate of drug-likeness (QED) is 0.324. The molecule has 3 N–H and O–H groups in total. The number of unbranched alkanes of at least 4 members (excludes halogenated alkanes) is 1. The molecule has 0 aliphatic rings. The number of hydrogen-bond acceptors (Lipinski definition) is 4. The average molecular weight is 202 g/mol. The second-order valence-electron chi connectivity index (χ2n) is 2.87. The fourth-order valence-corrected chi connectivity index (χ4v) is 1.09. The molecule has 0 saturated carbocycles. The Morgan fingerprint density at radius 1 is 1.57 bits per heavy atom. The maximum Gasteiger partial charge on any atom is 0.328 e. The number of carbonyl (C=O) groups is 2. The summed E-state index contributed by atoms with van der Waals surface area (Å²) in [6.45, 7) is 2.65. The minimum absolute atomic E-state index is 0.326. The van der Waals surface area contributed by atoms with Crippen molar-refractivity contribution in [1.29, 1.82) is 0 Å². The molecule has 5 nitrogen and oxygen atoms in total. The van der Waals surface area contributed by atoms with E-state index < -0.39 is 6.04 Å². The van der Waals surface area contributed by atoms with Crippen LogP contribution in [0.15, 0.2) is 0 Å². The summed E-state index contributed by atoms with van der Waals surface area (Å²) in [5.74, 6) is -0.378. The Labute approximate surface area is 84.0 Å². The van der Waals surface area contributed by atoms with Crippen LogP contribution in [0, 0.1) is 0 Å². The van der Waals surface area contributed by atoms with Gasteiger partial charge in [-0.25, -0.2) is 4.79 Å². The highest BCUT2D eigenvalue weighted by molar-refractivity contribution is 5.78. The molecule has 14 heavy (non-hydrogen) atoms. The number of ether oxygens (including phenoxy) is 1. The molecule has 0 saturated heterocycles. The van der Waals surface area contributed by atoms with Crippen molar-refractivity contribution in [2.75, 3.05) is 13.2 Å². The van der Waals surface area contributed by atoms with Crippen LogP contribution in [0.5, 0.6) is 0 Å². The number of nitrogens with two attached hydrogens (primary N) is 1. The zero-order valence-electron chi connectivity index (χ0n) is 8.49. The number of carbonyl (C=O) groups excluding carboxylic acids is 2. The third-order valence-electron chi connectivity index (χ3n) is 1.79. The molecule has 0 aromatic rings. The van der Waals surface area contributed by atoms with E-state index in [-0.39, 0.29) is 5.97 Å². The Balaban J connectivity index is 3.86. The van der Waals surface area contributed by atoms with E-state index in [2.05, 4.69) is 5.32 Å². The highest BCUT2D eigenvalue weighted by atomic mass is 16.5. The molecule has 0 aromatic heterocycles. The molecule has 0 spiro atoms. The minimum Gasteiger partial charge on any atom is -0.464 e. The SMILES string of the molecule is CCOC(=O)[C@H](CCCCN)NC=O. The molecule has 82 valence electrons. The molecule has 0 bridgehead atoms. The van der Waals surface area contributed by atoms with Gasteiger partial charge in [0.1, 0.15) is 6.04 Å². The van der Waals surface area contributed by atoms with E-state index >= 15 is 0 Å². The molecular formula is C9H18N2O3. The predicted molar refractivity (Wildman–Crippen MR) is 52.5 cm³/mol. The molecule has 0 unspecified atom stereocenters. The van der Waals surface area contributed by atoms with Gasteiger partial charge < -0.3 is 15.8 Å². The van der Waals surface area contributed by atoms with Gasteiger partial charge in [-0.1, -0.05) is 0 Å². The van der Waals surface area contributed by atoms with Gasteiger partial charge in [0.25, 0.3) is 0 Å². The zero-order chi connectivity index (χ0) is 10.8. The first-order valence-electron chi connectivity index (χ1n) is 4.82. The van der Waals surface area contributed by atoms with E-state index in [4.69, 9.17) is 10.5 Å². The molecule has 0 rings (SSSR count). The summed E-state index contributed by atoms with van der Waals surface area (Å²) in [4.78, 5) is 21.5.